The molecule has 1 saturated heterocycles. The van der Waals surface area contributed by atoms with E-state index in [2.05, 4.69) is 24.9 Å². The van der Waals surface area contributed by atoms with Crippen LogP contribution in [0.4, 0.5) is 0 Å². The highest BCUT2D eigenvalue weighted by atomic mass is 32.1. The van der Waals surface area contributed by atoms with E-state index < -0.39 is 0 Å². The van der Waals surface area contributed by atoms with Crippen molar-refractivity contribution in [1.82, 2.24) is 24.4 Å². The molecule has 3 aromatic heterocycles. The summed E-state index contributed by atoms with van der Waals surface area (Å²) in [6.45, 7) is 2.33. The number of thiazole rings is 1. The van der Waals surface area contributed by atoms with Gasteiger partial charge < -0.3 is 9.47 Å². The van der Waals surface area contributed by atoms with Crippen LogP contribution >= 0.6 is 11.3 Å². The Balaban J connectivity index is 1.38. The van der Waals surface area contributed by atoms with Gasteiger partial charge in [0.25, 0.3) is 0 Å². The summed E-state index contributed by atoms with van der Waals surface area (Å²) in [6.07, 6.45) is 10.8. The van der Waals surface area contributed by atoms with Crippen molar-refractivity contribution in [2.45, 2.75) is 38.1 Å². The molecule has 1 fully saturated rings. The first-order valence-electron chi connectivity index (χ1n) is 9.34. The van der Waals surface area contributed by atoms with Gasteiger partial charge in [-0.2, -0.15) is 0 Å². The highest BCUT2D eigenvalue weighted by Crippen LogP contribution is 2.27. The number of aryl methyl sites for hydroxylation is 1. The van der Waals surface area contributed by atoms with E-state index in [-0.39, 0.29) is 11.8 Å². The lowest BCUT2D eigenvalue weighted by Crippen LogP contribution is -2.39. The number of piperidine rings is 1. The number of carbonyl (C=O) groups excluding carboxylic acids is 1. The molecule has 140 valence electrons. The number of likely N-dealkylation sites (tertiary alicyclic amines) is 1. The summed E-state index contributed by atoms with van der Waals surface area (Å²) in [5.41, 5.74) is 4.02. The monoisotopic (exact) mass is 381 g/mol. The van der Waals surface area contributed by atoms with Gasteiger partial charge in [-0.25, -0.2) is 9.97 Å². The summed E-state index contributed by atoms with van der Waals surface area (Å²) in [5, 5.41) is 2.07. The van der Waals surface area contributed by atoms with Crippen LogP contribution in [0, 0.1) is 0 Å². The Morgan fingerprint density at radius 2 is 2.26 bits per heavy atom. The molecule has 0 N–H and O–H groups in total. The van der Waals surface area contributed by atoms with Gasteiger partial charge in [-0.3, -0.25) is 9.78 Å². The van der Waals surface area contributed by atoms with Crippen molar-refractivity contribution < 1.29 is 4.79 Å². The number of hydrogen-bond acceptors (Lipinski definition) is 5. The van der Waals surface area contributed by atoms with Gasteiger partial charge >= 0.3 is 0 Å². The zero-order chi connectivity index (χ0) is 18.5. The third kappa shape index (κ3) is 4.42. The van der Waals surface area contributed by atoms with Crippen LogP contribution < -0.4 is 0 Å². The van der Waals surface area contributed by atoms with E-state index in [1.54, 1.807) is 17.5 Å². The first-order valence-corrected chi connectivity index (χ1v) is 10.3. The number of aromatic nitrogens is 4. The third-order valence-electron chi connectivity index (χ3n) is 5.05. The van der Waals surface area contributed by atoms with E-state index in [0.29, 0.717) is 6.42 Å². The van der Waals surface area contributed by atoms with E-state index in [1.807, 2.05) is 41.1 Å². The standard InChI is InChI=1S/C20H23N5OS/c26-19(6-5-16-3-1-7-21-11-16)24-9-2-4-17(12-24)20-22-8-10-25(20)13-18-14-27-15-23-18/h1,3,7-8,10-11,14-15,17H,2,4-6,9,12-13H2/t17-/m1/s1. The Kier molecular flexibility index (Phi) is 5.58. The molecule has 0 unspecified atom stereocenters. The lowest BCUT2D eigenvalue weighted by atomic mass is 9.96. The Labute approximate surface area is 162 Å². The van der Waals surface area contributed by atoms with Crippen molar-refractivity contribution in [2.24, 2.45) is 0 Å². The highest BCUT2D eigenvalue weighted by molar-refractivity contribution is 7.07. The minimum absolute atomic E-state index is 0.223. The second kappa shape index (κ2) is 8.43. The maximum atomic E-state index is 12.7. The van der Waals surface area contributed by atoms with E-state index in [1.165, 1.54) is 0 Å². The lowest BCUT2D eigenvalue weighted by molar-refractivity contribution is -0.132. The van der Waals surface area contributed by atoms with Gasteiger partial charge in [0.05, 0.1) is 17.7 Å². The van der Waals surface area contributed by atoms with Crippen molar-refractivity contribution in [1.29, 1.82) is 0 Å². The fourth-order valence-electron chi connectivity index (χ4n) is 3.67. The molecule has 7 heteroatoms. The Hall–Kier alpha value is -2.54. The molecule has 0 radical (unpaired) electrons. The number of pyridine rings is 1. The molecule has 27 heavy (non-hydrogen) atoms. The van der Waals surface area contributed by atoms with E-state index in [4.69, 9.17) is 0 Å². The summed E-state index contributed by atoms with van der Waals surface area (Å²) in [6, 6.07) is 3.94. The maximum Gasteiger partial charge on any atom is 0.222 e. The molecular formula is C20H23N5OS. The van der Waals surface area contributed by atoms with Gasteiger partial charge in [-0.15, -0.1) is 11.3 Å². The Morgan fingerprint density at radius 3 is 3.07 bits per heavy atom. The third-order valence-corrected chi connectivity index (χ3v) is 5.69. The number of carbonyl (C=O) groups is 1. The number of rotatable bonds is 6. The predicted molar refractivity (Wildman–Crippen MR) is 105 cm³/mol. The number of imidazole rings is 1. The Bertz CT molecular complexity index is 862. The van der Waals surface area contributed by atoms with Crippen LogP contribution in [0.3, 0.4) is 0 Å². The van der Waals surface area contributed by atoms with E-state index in [9.17, 15) is 4.79 Å². The molecular weight excluding hydrogens is 358 g/mol. The zero-order valence-electron chi connectivity index (χ0n) is 15.2. The molecule has 0 aliphatic carbocycles. The first kappa shape index (κ1) is 17.9. The van der Waals surface area contributed by atoms with Gasteiger partial charge in [0.2, 0.25) is 5.91 Å². The highest BCUT2D eigenvalue weighted by Gasteiger charge is 2.27. The fraction of sp³-hybridized carbons (Fsp3) is 0.400. The first-order chi connectivity index (χ1) is 13.3. The van der Waals surface area contributed by atoms with Gasteiger partial charge in [-0.05, 0) is 30.9 Å². The summed E-state index contributed by atoms with van der Waals surface area (Å²) >= 11 is 1.61. The summed E-state index contributed by atoms with van der Waals surface area (Å²) in [4.78, 5) is 27.8. The average molecular weight is 382 g/mol. The Morgan fingerprint density at radius 1 is 1.30 bits per heavy atom. The molecule has 6 nitrogen and oxygen atoms in total. The van der Waals surface area contributed by atoms with Gasteiger partial charge in [0.1, 0.15) is 5.82 Å². The molecule has 0 aromatic carbocycles. The summed E-state index contributed by atoms with van der Waals surface area (Å²) < 4.78 is 2.17. The summed E-state index contributed by atoms with van der Waals surface area (Å²) in [7, 11) is 0. The van der Waals surface area contributed by atoms with Gasteiger partial charge in [0, 0.05) is 55.6 Å². The number of nitrogens with zero attached hydrogens (tertiary/aromatic N) is 5. The number of amides is 1. The molecule has 0 bridgehead atoms. The molecule has 0 spiro atoms. The molecule has 1 amide bonds. The van der Waals surface area contributed by atoms with Crippen LogP contribution in [0.15, 0.2) is 47.8 Å². The van der Waals surface area contributed by atoms with Gasteiger partial charge in [0.15, 0.2) is 0 Å². The van der Waals surface area contributed by atoms with E-state index in [0.717, 1.165) is 56.0 Å². The smallest absolute Gasteiger partial charge is 0.222 e. The average Bonchev–Trinajstić information content (AvgIpc) is 3.39. The second-order valence-electron chi connectivity index (χ2n) is 6.93. The molecule has 3 aromatic rings. The van der Waals surface area contributed by atoms with Crippen LogP contribution in [0.1, 0.15) is 42.3 Å². The molecule has 1 aliphatic heterocycles. The van der Waals surface area contributed by atoms with Crippen molar-refractivity contribution in [2.75, 3.05) is 13.1 Å². The fourth-order valence-corrected chi connectivity index (χ4v) is 4.22. The van der Waals surface area contributed by atoms with Crippen LogP contribution in [-0.2, 0) is 17.8 Å². The largest absolute Gasteiger partial charge is 0.342 e. The second-order valence-corrected chi connectivity index (χ2v) is 7.65. The van der Waals surface area contributed by atoms with Crippen molar-refractivity contribution >= 4 is 17.2 Å². The SMILES string of the molecule is O=C(CCc1cccnc1)N1CCC[C@@H](c2nccn2Cc2cscn2)C1. The lowest BCUT2D eigenvalue weighted by Gasteiger charge is -2.32. The molecule has 4 heterocycles. The van der Waals surface area contributed by atoms with Crippen LogP contribution in [-0.4, -0.2) is 43.4 Å². The van der Waals surface area contributed by atoms with Crippen LogP contribution in [0.2, 0.25) is 0 Å². The van der Waals surface area contributed by atoms with Crippen LogP contribution in [0.25, 0.3) is 0 Å². The molecule has 0 saturated carbocycles. The van der Waals surface area contributed by atoms with Gasteiger partial charge in [-0.1, -0.05) is 6.07 Å². The molecule has 1 atom stereocenters. The molecule has 1 aliphatic rings. The van der Waals surface area contributed by atoms with E-state index >= 15 is 0 Å². The van der Waals surface area contributed by atoms with Crippen molar-refractivity contribution in [3.63, 3.8) is 0 Å². The topological polar surface area (TPSA) is 63.9 Å². The minimum Gasteiger partial charge on any atom is -0.342 e. The van der Waals surface area contributed by atoms with Crippen molar-refractivity contribution in [3.05, 3.63) is 64.9 Å². The zero-order valence-corrected chi connectivity index (χ0v) is 16.0. The number of hydrogen-bond donors (Lipinski definition) is 0. The molecule has 4 rings (SSSR count). The van der Waals surface area contributed by atoms with Crippen LogP contribution in [0.5, 0.6) is 0 Å². The summed E-state index contributed by atoms with van der Waals surface area (Å²) in [5.74, 6) is 1.57. The minimum atomic E-state index is 0.223. The normalized spacial score (nSPS) is 17.2. The van der Waals surface area contributed by atoms with Crippen molar-refractivity contribution in [3.8, 4) is 0 Å². The quantitative estimate of drug-likeness (QED) is 0.658. The predicted octanol–water partition coefficient (Wildman–Crippen LogP) is 3.12. The maximum absolute atomic E-state index is 12.7.